The van der Waals surface area contributed by atoms with E-state index in [2.05, 4.69) is 0 Å². The Bertz CT molecular complexity index is 700. The highest BCUT2D eigenvalue weighted by atomic mass is 32.2. The number of fused-ring (bicyclic) bond motifs is 1. The van der Waals surface area contributed by atoms with Crippen molar-refractivity contribution in [3.63, 3.8) is 0 Å². The molecule has 1 spiro atoms. The summed E-state index contributed by atoms with van der Waals surface area (Å²) in [6.45, 7) is 2.92. The summed E-state index contributed by atoms with van der Waals surface area (Å²) < 4.78 is 31.5. The van der Waals surface area contributed by atoms with Gasteiger partial charge in [0.2, 0.25) is 10.0 Å². The number of rotatable bonds is 2. The lowest BCUT2D eigenvalue weighted by Gasteiger charge is -2.20. The topological polar surface area (TPSA) is 66.7 Å². The van der Waals surface area contributed by atoms with Crippen molar-refractivity contribution in [3.05, 3.63) is 29.8 Å². The summed E-state index contributed by atoms with van der Waals surface area (Å²) in [5.74, 6) is 0. The zero-order valence-corrected chi connectivity index (χ0v) is 11.8. The minimum absolute atomic E-state index is 0.0102. The molecule has 3 fully saturated rings. The summed E-state index contributed by atoms with van der Waals surface area (Å²) in [4.78, 5) is 13.4. The van der Waals surface area contributed by atoms with E-state index in [4.69, 9.17) is 4.74 Å². The molecule has 20 heavy (non-hydrogen) atoms. The third kappa shape index (κ3) is 1.36. The van der Waals surface area contributed by atoms with Crippen LogP contribution in [-0.2, 0) is 14.8 Å². The first-order valence-corrected chi connectivity index (χ1v) is 7.92. The zero-order valence-electron chi connectivity index (χ0n) is 10.9. The third-order valence-electron chi connectivity index (χ3n) is 4.47. The zero-order chi connectivity index (χ0) is 14.1. The van der Waals surface area contributed by atoms with Gasteiger partial charge in [-0.2, -0.15) is 4.31 Å². The Morgan fingerprint density at radius 2 is 2.00 bits per heavy atom. The van der Waals surface area contributed by atoms with Crippen molar-refractivity contribution in [2.24, 2.45) is 0 Å². The molecule has 3 saturated heterocycles. The molecule has 0 saturated carbocycles. The third-order valence-corrected chi connectivity index (χ3v) is 6.30. The van der Waals surface area contributed by atoms with Crippen LogP contribution < -0.4 is 0 Å². The Labute approximate surface area is 117 Å². The number of piperazine rings is 1. The normalized spacial score (nSPS) is 31.9. The molecular weight excluding hydrogens is 280 g/mol. The number of carbonyl (C=O) groups is 1. The van der Waals surface area contributed by atoms with Crippen LogP contribution in [0.3, 0.4) is 0 Å². The van der Waals surface area contributed by atoms with E-state index in [9.17, 15) is 13.2 Å². The van der Waals surface area contributed by atoms with E-state index in [1.807, 2.05) is 6.92 Å². The molecule has 0 radical (unpaired) electrons. The average Bonchev–Trinajstić information content (AvgIpc) is 2.71. The molecule has 1 aromatic rings. The molecule has 106 valence electrons. The Hall–Kier alpha value is -1.60. The summed E-state index contributed by atoms with van der Waals surface area (Å²) in [7, 11) is -3.48. The number of aryl methyl sites for hydroxylation is 1. The number of nitrogens with zero attached hydrogens (tertiary/aromatic N) is 2. The smallest absolute Gasteiger partial charge is 0.410 e. The van der Waals surface area contributed by atoms with Crippen molar-refractivity contribution in [3.8, 4) is 0 Å². The second-order valence-corrected chi connectivity index (χ2v) is 7.59. The van der Waals surface area contributed by atoms with Gasteiger partial charge in [0.1, 0.15) is 12.1 Å². The molecule has 4 rings (SSSR count). The first-order valence-electron chi connectivity index (χ1n) is 6.48. The Morgan fingerprint density at radius 1 is 1.30 bits per heavy atom. The molecule has 2 atom stereocenters. The van der Waals surface area contributed by atoms with Crippen molar-refractivity contribution < 1.29 is 17.9 Å². The van der Waals surface area contributed by atoms with Crippen LogP contribution in [0.1, 0.15) is 5.56 Å². The molecule has 6 nitrogen and oxygen atoms in total. The number of hydrogen-bond donors (Lipinski definition) is 0. The monoisotopic (exact) mass is 294 g/mol. The maximum Gasteiger partial charge on any atom is 0.410 e. The quantitative estimate of drug-likeness (QED) is 0.748. The first-order chi connectivity index (χ1) is 9.45. The summed E-state index contributed by atoms with van der Waals surface area (Å²) in [6, 6.07) is 6.82. The van der Waals surface area contributed by atoms with Crippen LogP contribution >= 0.6 is 0 Å². The van der Waals surface area contributed by atoms with Crippen LogP contribution in [0.15, 0.2) is 29.2 Å². The highest BCUT2D eigenvalue weighted by Crippen LogP contribution is 2.52. The average molecular weight is 294 g/mol. The van der Waals surface area contributed by atoms with Crippen molar-refractivity contribution in [1.29, 1.82) is 0 Å². The van der Waals surface area contributed by atoms with Gasteiger partial charge in [-0.3, -0.25) is 4.90 Å². The van der Waals surface area contributed by atoms with E-state index in [0.717, 1.165) is 5.56 Å². The van der Waals surface area contributed by atoms with Gasteiger partial charge in [0.15, 0.2) is 0 Å². The van der Waals surface area contributed by atoms with Gasteiger partial charge in [0, 0.05) is 13.1 Å². The summed E-state index contributed by atoms with van der Waals surface area (Å²) in [6.07, 6.45) is -0.317. The van der Waals surface area contributed by atoms with Crippen LogP contribution in [0, 0.1) is 6.92 Å². The molecule has 3 heterocycles. The lowest BCUT2D eigenvalue weighted by Crippen LogP contribution is -2.37. The number of hydrogen-bond acceptors (Lipinski definition) is 4. The molecule has 0 N–H and O–H groups in total. The maximum absolute atomic E-state index is 12.6. The van der Waals surface area contributed by atoms with Crippen molar-refractivity contribution in [2.45, 2.75) is 23.4 Å². The fraction of sp³-hybridized carbons (Fsp3) is 0.462. The Kier molecular flexibility index (Phi) is 2.15. The van der Waals surface area contributed by atoms with Gasteiger partial charge in [-0.15, -0.1) is 0 Å². The molecular formula is C13H14N2O4S. The molecule has 0 aromatic heterocycles. The van der Waals surface area contributed by atoms with Crippen molar-refractivity contribution >= 4 is 16.1 Å². The van der Waals surface area contributed by atoms with E-state index >= 15 is 0 Å². The molecule has 7 heteroatoms. The van der Waals surface area contributed by atoms with Gasteiger partial charge < -0.3 is 4.74 Å². The van der Waals surface area contributed by atoms with E-state index in [1.165, 1.54) is 4.31 Å². The fourth-order valence-electron chi connectivity index (χ4n) is 3.25. The summed E-state index contributed by atoms with van der Waals surface area (Å²) in [5, 5.41) is 0. The standard InChI is InChI=1S/C13H14N2O4S/c1-9-2-4-10(5-3-9)20(17,18)14-6-11-13(7-14)8-19-12(16)15(11)13/h2-5,11H,6-8H2,1H3. The largest absolute Gasteiger partial charge is 0.447 e. The fourth-order valence-corrected chi connectivity index (χ4v) is 4.76. The van der Waals surface area contributed by atoms with E-state index in [-0.39, 0.29) is 12.1 Å². The highest BCUT2D eigenvalue weighted by Gasteiger charge is 2.75. The predicted octanol–water partition coefficient (Wildman–Crippen LogP) is 0.573. The van der Waals surface area contributed by atoms with Gasteiger partial charge in [0.25, 0.3) is 0 Å². The van der Waals surface area contributed by atoms with Gasteiger partial charge in [-0.1, -0.05) is 17.7 Å². The minimum atomic E-state index is -3.48. The number of amides is 1. The number of carbonyl (C=O) groups excluding carboxylic acids is 1. The van der Waals surface area contributed by atoms with Gasteiger partial charge in [-0.05, 0) is 19.1 Å². The second kappa shape index (κ2) is 3.53. The lowest BCUT2D eigenvalue weighted by atomic mass is 10.1. The minimum Gasteiger partial charge on any atom is -0.447 e. The van der Waals surface area contributed by atoms with Gasteiger partial charge in [0.05, 0.1) is 10.9 Å². The number of benzene rings is 1. The van der Waals surface area contributed by atoms with Crippen molar-refractivity contribution in [1.82, 2.24) is 9.21 Å². The molecule has 2 unspecified atom stereocenters. The van der Waals surface area contributed by atoms with E-state index < -0.39 is 15.6 Å². The van der Waals surface area contributed by atoms with Gasteiger partial charge >= 0.3 is 6.09 Å². The maximum atomic E-state index is 12.6. The SMILES string of the molecule is Cc1ccc(S(=O)(=O)N2CC3N4C(=O)OCC34C2)cc1. The summed E-state index contributed by atoms with van der Waals surface area (Å²) in [5.41, 5.74) is 0.627. The summed E-state index contributed by atoms with van der Waals surface area (Å²) >= 11 is 0. The molecule has 1 aromatic carbocycles. The molecule has 0 bridgehead atoms. The Balaban J connectivity index is 1.61. The van der Waals surface area contributed by atoms with E-state index in [0.29, 0.717) is 24.6 Å². The van der Waals surface area contributed by atoms with Crippen LogP contribution in [0.25, 0.3) is 0 Å². The molecule has 1 amide bonds. The highest BCUT2D eigenvalue weighted by molar-refractivity contribution is 7.89. The molecule has 0 aliphatic carbocycles. The predicted molar refractivity (Wildman–Crippen MR) is 69.6 cm³/mol. The van der Waals surface area contributed by atoms with Crippen LogP contribution in [0.5, 0.6) is 0 Å². The number of ether oxygens (including phenoxy) is 1. The number of sulfonamides is 1. The molecule has 3 aliphatic rings. The van der Waals surface area contributed by atoms with Crippen LogP contribution in [0.2, 0.25) is 0 Å². The van der Waals surface area contributed by atoms with Crippen LogP contribution in [-0.4, -0.2) is 55.0 Å². The lowest BCUT2D eigenvalue weighted by molar-refractivity contribution is 0.154. The van der Waals surface area contributed by atoms with E-state index in [1.54, 1.807) is 29.2 Å². The number of cyclic esters (lactones) is 1. The van der Waals surface area contributed by atoms with Gasteiger partial charge in [-0.25, -0.2) is 13.2 Å². The first kappa shape index (κ1) is 12.2. The van der Waals surface area contributed by atoms with Crippen LogP contribution in [0.4, 0.5) is 4.79 Å². The Morgan fingerprint density at radius 3 is 2.65 bits per heavy atom. The second-order valence-electron chi connectivity index (χ2n) is 5.65. The van der Waals surface area contributed by atoms with Crippen molar-refractivity contribution in [2.75, 3.05) is 19.7 Å². The molecule has 3 aliphatic heterocycles.